The highest BCUT2D eigenvalue weighted by molar-refractivity contribution is 5.72. The van der Waals surface area contributed by atoms with Crippen LogP contribution < -0.4 is 5.73 Å². The van der Waals surface area contributed by atoms with Crippen molar-refractivity contribution in [2.24, 2.45) is 0 Å². The molecular weight excluding hydrogens is 254 g/mol. The van der Waals surface area contributed by atoms with Crippen LogP contribution >= 0.6 is 0 Å². The number of nitrogens with zero attached hydrogens (tertiary/aromatic N) is 4. The Hall–Kier alpha value is -1.81. The summed E-state index contributed by atoms with van der Waals surface area (Å²) < 4.78 is 6.78. The molecule has 0 spiro atoms. The lowest BCUT2D eigenvalue weighted by Crippen LogP contribution is -2.33. The first-order valence-electron chi connectivity index (χ1n) is 5.69. The molecule has 2 aromatic rings. The van der Waals surface area contributed by atoms with Crippen molar-refractivity contribution in [1.82, 2.24) is 19.5 Å². The predicted molar refractivity (Wildman–Crippen MR) is 62.7 cm³/mol. The van der Waals surface area contributed by atoms with Gasteiger partial charge in [-0.25, -0.2) is 15.0 Å². The van der Waals surface area contributed by atoms with Crippen LogP contribution in [0.2, 0.25) is 0 Å². The van der Waals surface area contributed by atoms with Crippen LogP contribution in [0, 0.1) is 0 Å². The summed E-state index contributed by atoms with van der Waals surface area (Å²) in [6, 6.07) is 0. The predicted octanol–water partition coefficient (Wildman–Crippen LogP) is -1.98. The number of rotatable bonds is 2. The number of nitrogens with two attached hydrogens (primary N) is 1. The van der Waals surface area contributed by atoms with E-state index in [0.29, 0.717) is 11.2 Å². The van der Waals surface area contributed by atoms with Crippen LogP contribution in [0.1, 0.15) is 6.23 Å². The molecule has 9 nitrogen and oxygen atoms in total. The highest BCUT2D eigenvalue weighted by Gasteiger charge is 2.44. The van der Waals surface area contributed by atoms with Crippen molar-refractivity contribution in [2.75, 3.05) is 12.3 Å². The fourth-order valence-corrected chi connectivity index (χ4v) is 2.21. The van der Waals surface area contributed by atoms with Crippen molar-refractivity contribution < 1.29 is 20.1 Å². The van der Waals surface area contributed by atoms with Crippen LogP contribution in [0.5, 0.6) is 0 Å². The number of aliphatic hydroxyl groups is 3. The van der Waals surface area contributed by atoms with Crippen molar-refractivity contribution in [2.45, 2.75) is 24.5 Å². The van der Waals surface area contributed by atoms with Crippen LogP contribution in [0.25, 0.3) is 11.2 Å². The standard InChI is InChI=1S/C10H13N5O4/c11-10-14-4-1-12-3-13-8(4)15(10)9-7(18)6(17)5(2-16)19-9/h1,3,5-7,9,16-18H,2H2,(H2,11,14)/t5-,6-,7-,9-/m1/s1. The summed E-state index contributed by atoms with van der Waals surface area (Å²) in [5, 5.41) is 28.8. The molecule has 0 saturated carbocycles. The molecule has 0 radical (unpaired) electrons. The minimum absolute atomic E-state index is 0.0883. The molecule has 1 saturated heterocycles. The summed E-state index contributed by atoms with van der Waals surface area (Å²) >= 11 is 0. The lowest BCUT2D eigenvalue weighted by atomic mass is 10.1. The van der Waals surface area contributed by atoms with Crippen LogP contribution in [-0.4, -0.2) is 59.8 Å². The monoisotopic (exact) mass is 267 g/mol. The number of anilines is 1. The molecule has 1 aliphatic heterocycles. The van der Waals surface area contributed by atoms with Gasteiger partial charge in [-0.05, 0) is 0 Å². The maximum atomic E-state index is 9.98. The van der Waals surface area contributed by atoms with Gasteiger partial charge in [0.15, 0.2) is 11.9 Å². The smallest absolute Gasteiger partial charge is 0.204 e. The summed E-state index contributed by atoms with van der Waals surface area (Å²) in [5.41, 5.74) is 6.62. The number of ether oxygens (including phenoxy) is 1. The molecular formula is C10H13N5O4. The average molecular weight is 267 g/mol. The number of hydrogen-bond donors (Lipinski definition) is 4. The average Bonchev–Trinajstić information content (AvgIpc) is 2.88. The zero-order valence-electron chi connectivity index (χ0n) is 9.79. The maximum absolute atomic E-state index is 9.98. The van der Waals surface area contributed by atoms with E-state index in [2.05, 4.69) is 15.0 Å². The Morgan fingerprint density at radius 2 is 2.16 bits per heavy atom. The molecule has 19 heavy (non-hydrogen) atoms. The first-order valence-corrected chi connectivity index (χ1v) is 5.69. The molecule has 5 N–H and O–H groups in total. The fourth-order valence-electron chi connectivity index (χ4n) is 2.21. The zero-order valence-corrected chi connectivity index (χ0v) is 9.79. The van der Waals surface area contributed by atoms with Gasteiger partial charge in [-0.15, -0.1) is 0 Å². The lowest BCUT2D eigenvalue weighted by molar-refractivity contribution is -0.0500. The van der Waals surface area contributed by atoms with Crippen molar-refractivity contribution in [3.8, 4) is 0 Å². The zero-order chi connectivity index (χ0) is 13.6. The third-order valence-electron chi connectivity index (χ3n) is 3.15. The van der Waals surface area contributed by atoms with Crippen molar-refractivity contribution in [3.63, 3.8) is 0 Å². The SMILES string of the molecule is Nc1nc2cncnc2n1[C@@H]1O[C@H](CO)[C@@H](O)[C@H]1O. The van der Waals surface area contributed by atoms with Crippen LogP contribution in [-0.2, 0) is 4.74 Å². The van der Waals surface area contributed by atoms with E-state index >= 15 is 0 Å². The molecule has 0 unspecified atom stereocenters. The van der Waals surface area contributed by atoms with Gasteiger partial charge in [0.2, 0.25) is 5.95 Å². The molecule has 0 aromatic carbocycles. The first kappa shape index (κ1) is 12.2. The second-order valence-electron chi connectivity index (χ2n) is 4.30. The summed E-state index contributed by atoms with van der Waals surface area (Å²) in [6.45, 7) is -0.407. The van der Waals surface area contributed by atoms with E-state index in [1.807, 2.05) is 0 Å². The summed E-state index contributed by atoms with van der Waals surface area (Å²) in [4.78, 5) is 11.9. The number of fused-ring (bicyclic) bond motifs is 1. The third kappa shape index (κ3) is 1.75. The van der Waals surface area contributed by atoms with E-state index in [0.717, 1.165) is 0 Å². The Morgan fingerprint density at radius 1 is 1.37 bits per heavy atom. The van der Waals surface area contributed by atoms with Crippen molar-refractivity contribution in [1.29, 1.82) is 0 Å². The molecule has 0 aliphatic carbocycles. The van der Waals surface area contributed by atoms with Gasteiger partial charge in [0.05, 0.1) is 12.8 Å². The Kier molecular flexibility index (Phi) is 2.82. The van der Waals surface area contributed by atoms with E-state index in [1.165, 1.54) is 17.1 Å². The van der Waals surface area contributed by atoms with Gasteiger partial charge in [-0.2, -0.15) is 0 Å². The van der Waals surface area contributed by atoms with E-state index in [1.54, 1.807) is 0 Å². The maximum Gasteiger partial charge on any atom is 0.204 e. The summed E-state index contributed by atoms with van der Waals surface area (Å²) in [5.74, 6) is 0.0883. The second-order valence-corrected chi connectivity index (χ2v) is 4.30. The molecule has 4 atom stereocenters. The van der Waals surface area contributed by atoms with Crippen molar-refractivity contribution >= 4 is 17.1 Å². The summed E-state index contributed by atoms with van der Waals surface area (Å²) in [6.07, 6.45) is -1.45. The fraction of sp³-hybridized carbons (Fsp3) is 0.500. The molecule has 0 bridgehead atoms. The number of nitrogen functional groups attached to an aromatic ring is 1. The molecule has 9 heteroatoms. The Morgan fingerprint density at radius 3 is 2.84 bits per heavy atom. The molecule has 3 heterocycles. The number of imidazole rings is 1. The lowest BCUT2D eigenvalue weighted by Gasteiger charge is -2.17. The van der Waals surface area contributed by atoms with Gasteiger partial charge in [0.1, 0.15) is 30.2 Å². The highest BCUT2D eigenvalue weighted by Crippen LogP contribution is 2.33. The van der Waals surface area contributed by atoms with Gasteiger partial charge in [-0.1, -0.05) is 0 Å². The molecule has 1 fully saturated rings. The quantitative estimate of drug-likeness (QED) is 0.491. The number of aromatic nitrogens is 4. The minimum atomic E-state index is -1.23. The minimum Gasteiger partial charge on any atom is -0.394 e. The van der Waals surface area contributed by atoms with Gasteiger partial charge >= 0.3 is 0 Å². The second kappa shape index (κ2) is 4.38. The van der Waals surface area contributed by atoms with Gasteiger partial charge in [0, 0.05) is 0 Å². The molecule has 0 amide bonds. The van der Waals surface area contributed by atoms with Gasteiger partial charge < -0.3 is 25.8 Å². The van der Waals surface area contributed by atoms with Crippen LogP contribution in [0.15, 0.2) is 12.5 Å². The van der Waals surface area contributed by atoms with E-state index in [9.17, 15) is 10.2 Å². The Labute approximate surface area is 107 Å². The summed E-state index contributed by atoms with van der Waals surface area (Å²) in [7, 11) is 0. The van der Waals surface area contributed by atoms with E-state index in [4.69, 9.17) is 15.6 Å². The number of aliphatic hydroxyl groups excluding tert-OH is 3. The third-order valence-corrected chi connectivity index (χ3v) is 3.15. The first-order chi connectivity index (χ1) is 9.13. The topological polar surface area (TPSA) is 140 Å². The highest BCUT2D eigenvalue weighted by atomic mass is 16.6. The van der Waals surface area contributed by atoms with Crippen LogP contribution in [0.3, 0.4) is 0 Å². The van der Waals surface area contributed by atoms with E-state index < -0.39 is 31.1 Å². The molecule has 1 aliphatic rings. The van der Waals surface area contributed by atoms with Crippen LogP contribution in [0.4, 0.5) is 5.95 Å². The molecule has 102 valence electrons. The molecule has 3 rings (SSSR count). The molecule has 2 aromatic heterocycles. The van der Waals surface area contributed by atoms with E-state index in [-0.39, 0.29) is 5.95 Å². The largest absolute Gasteiger partial charge is 0.394 e. The van der Waals surface area contributed by atoms with Gasteiger partial charge in [0.25, 0.3) is 0 Å². The Bertz CT molecular complexity index is 603. The van der Waals surface area contributed by atoms with Gasteiger partial charge in [-0.3, -0.25) is 4.57 Å². The normalized spacial score (nSPS) is 31.1. The number of hydrogen-bond acceptors (Lipinski definition) is 8. The van der Waals surface area contributed by atoms with Crippen molar-refractivity contribution in [3.05, 3.63) is 12.5 Å². The Balaban J connectivity index is 2.07.